The van der Waals surface area contributed by atoms with Gasteiger partial charge in [0.2, 0.25) is 5.91 Å². The number of fused-ring (bicyclic) bond motifs is 1. The van der Waals surface area contributed by atoms with E-state index in [1.54, 1.807) is 4.90 Å². The predicted octanol–water partition coefficient (Wildman–Crippen LogP) is 4.55. The number of amides is 3. The van der Waals surface area contributed by atoms with Crippen molar-refractivity contribution in [1.82, 2.24) is 19.7 Å². The Morgan fingerprint density at radius 1 is 0.824 bits per heavy atom. The normalized spacial score (nSPS) is 18.0. The van der Waals surface area contributed by atoms with Crippen LogP contribution in [-0.2, 0) is 17.8 Å². The van der Waals surface area contributed by atoms with E-state index in [0.29, 0.717) is 13.1 Å². The number of hydrogen-bond donors (Lipinski definition) is 2. The molecule has 8 nitrogen and oxygen atoms in total. The molecule has 2 aliphatic rings. The first kappa shape index (κ1) is 22.1. The van der Waals surface area contributed by atoms with Crippen molar-refractivity contribution in [3.63, 3.8) is 0 Å². The van der Waals surface area contributed by atoms with E-state index >= 15 is 0 Å². The van der Waals surface area contributed by atoms with Crippen LogP contribution in [0.4, 0.5) is 16.2 Å². The van der Waals surface area contributed by atoms with Crippen molar-refractivity contribution in [1.29, 1.82) is 0 Å². The number of benzene rings is 2. The van der Waals surface area contributed by atoms with Crippen LogP contribution < -0.4 is 10.6 Å². The molecule has 34 heavy (non-hydrogen) atoms. The molecule has 1 atom stereocenters. The van der Waals surface area contributed by atoms with Gasteiger partial charge in [-0.3, -0.25) is 4.79 Å². The summed E-state index contributed by atoms with van der Waals surface area (Å²) in [5.74, 6) is 1.66. The Kier molecular flexibility index (Phi) is 6.56. The van der Waals surface area contributed by atoms with Crippen molar-refractivity contribution in [3.05, 3.63) is 60.4 Å². The Labute approximate surface area is 199 Å². The van der Waals surface area contributed by atoms with Gasteiger partial charge in [-0.2, -0.15) is 0 Å². The zero-order valence-electron chi connectivity index (χ0n) is 19.2. The molecule has 1 saturated heterocycles. The van der Waals surface area contributed by atoms with Crippen molar-refractivity contribution in [2.75, 3.05) is 23.7 Å². The van der Waals surface area contributed by atoms with Crippen molar-refractivity contribution < 1.29 is 9.59 Å². The van der Waals surface area contributed by atoms with Gasteiger partial charge in [0.05, 0.1) is 5.92 Å². The molecule has 2 N–H and O–H groups in total. The number of piperidine rings is 1. The standard InChI is InChI=1S/C26H30N6O2/c33-25(20-8-7-16-31(18-20)26(34)28-21-9-3-1-4-10-21)27-22-14-12-19(13-15-22)24-30-29-23-11-5-2-6-17-32(23)24/h1,3-4,9-10,12-15,20H,2,5-8,11,16-18H2,(H,27,33)(H,28,34)/t20-/m0/s1. The fraction of sp³-hybridized carbons (Fsp3) is 0.385. The fourth-order valence-electron chi connectivity index (χ4n) is 4.75. The average molecular weight is 459 g/mol. The van der Waals surface area contributed by atoms with Crippen molar-refractivity contribution >= 4 is 23.3 Å². The monoisotopic (exact) mass is 458 g/mol. The number of carbonyl (C=O) groups is 2. The van der Waals surface area contributed by atoms with Crippen LogP contribution in [-0.4, -0.2) is 44.7 Å². The Morgan fingerprint density at radius 2 is 1.62 bits per heavy atom. The van der Waals surface area contributed by atoms with Crippen LogP contribution in [0, 0.1) is 5.92 Å². The maximum atomic E-state index is 12.9. The van der Waals surface area contributed by atoms with Crippen LogP contribution in [0.2, 0.25) is 0 Å². The molecule has 5 rings (SSSR count). The second kappa shape index (κ2) is 10.1. The quantitative estimate of drug-likeness (QED) is 0.600. The minimum absolute atomic E-state index is 0.0543. The van der Waals surface area contributed by atoms with E-state index in [2.05, 4.69) is 25.4 Å². The van der Waals surface area contributed by atoms with E-state index in [-0.39, 0.29) is 17.9 Å². The summed E-state index contributed by atoms with van der Waals surface area (Å²) in [5, 5.41) is 14.7. The molecule has 0 aliphatic carbocycles. The molecule has 0 saturated carbocycles. The number of aromatic nitrogens is 3. The first-order valence-electron chi connectivity index (χ1n) is 12.1. The lowest BCUT2D eigenvalue weighted by molar-refractivity contribution is -0.121. The molecule has 0 radical (unpaired) electrons. The highest BCUT2D eigenvalue weighted by atomic mass is 16.2. The van der Waals surface area contributed by atoms with E-state index in [4.69, 9.17) is 0 Å². The molecule has 2 aromatic carbocycles. The summed E-state index contributed by atoms with van der Waals surface area (Å²) in [4.78, 5) is 27.3. The molecule has 3 heterocycles. The van der Waals surface area contributed by atoms with Gasteiger partial charge < -0.3 is 20.1 Å². The Hall–Kier alpha value is -3.68. The summed E-state index contributed by atoms with van der Waals surface area (Å²) in [6, 6.07) is 17.0. The molecule has 8 heteroatoms. The van der Waals surface area contributed by atoms with Crippen molar-refractivity contribution in [3.8, 4) is 11.4 Å². The number of likely N-dealkylation sites (tertiary alicyclic amines) is 1. The molecule has 0 spiro atoms. The zero-order valence-corrected chi connectivity index (χ0v) is 19.2. The lowest BCUT2D eigenvalue weighted by Crippen LogP contribution is -2.45. The number of hydrogen-bond acceptors (Lipinski definition) is 4. The smallest absolute Gasteiger partial charge is 0.321 e. The SMILES string of the molecule is O=C(Nc1ccc(-c2nnc3n2CCCCC3)cc1)[C@H]1CCCN(C(=O)Nc2ccccc2)C1. The third-order valence-corrected chi connectivity index (χ3v) is 6.62. The van der Waals surface area contributed by atoms with Crippen LogP contribution in [0.3, 0.4) is 0 Å². The van der Waals surface area contributed by atoms with Crippen LogP contribution in [0.15, 0.2) is 54.6 Å². The highest BCUT2D eigenvalue weighted by Crippen LogP contribution is 2.25. The number of para-hydroxylation sites is 1. The van der Waals surface area contributed by atoms with E-state index < -0.39 is 0 Å². The summed E-state index contributed by atoms with van der Waals surface area (Å²) >= 11 is 0. The minimum Gasteiger partial charge on any atom is -0.326 e. The third kappa shape index (κ3) is 4.95. The first-order valence-corrected chi connectivity index (χ1v) is 12.1. The summed E-state index contributed by atoms with van der Waals surface area (Å²) in [6.07, 6.45) is 6.08. The predicted molar refractivity (Wildman–Crippen MR) is 131 cm³/mol. The van der Waals surface area contributed by atoms with Gasteiger partial charge in [0.25, 0.3) is 0 Å². The maximum absolute atomic E-state index is 12.9. The largest absolute Gasteiger partial charge is 0.326 e. The molecule has 1 fully saturated rings. The van der Waals surface area contributed by atoms with Gasteiger partial charge in [0.15, 0.2) is 5.82 Å². The summed E-state index contributed by atoms with van der Waals surface area (Å²) < 4.78 is 2.22. The van der Waals surface area contributed by atoms with E-state index in [1.807, 2.05) is 54.6 Å². The zero-order chi connectivity index (χ0) is 23.3. The number of nitrogens with one attached hydrogen (secondary N) is 2. The van der Waals surface area contributed by atoms with Gasteiger partial charge in [-0.05, 0) is 62.1 Å². The van der Waals surface area contributed by atoms with E-state index in [0.717, 1.165) is 67.2 Å². The number of rotatable bonds is 4. The number of urea groups is 1. The molecule has 0 bridgehead atoms. The molecule has 2 aliphatic heterocycles. The lowest BCUT2D eigenvalue weighted by Gasteiger charge is -2.32. The Balaban J connectivity index is 1.20. The van der Waals surface area contributed by atoms with E-state index in [1.165, 1.54) is 6.42 Å². The highest BCUT2D eigenvalue weighted by molar-refractivity contribution is 5.94. The summed E-state index contributed by atoms with van der Waals surface area (Å²) in [7, 11) is 0. The van der Waals surface area contributed by atoms with Crippen molar-refractivity contribution in [2.24, 2.45) is 5.92 Å². The molecular formula is C26H30N6O2. The maximum Gasteiger partial charge on any atom is 0.321 e. The third-order valence-electron chi connectivity index (χ3n) is 6.62. The van der Waals surface area contributed by atoms with Gasteiger partial charge in [-0.15, -0.1) is 10.2 Å². The number of nitrogens with zero attached hydrogens (tertiary/aromatic N) is 4. The summed E-state index contributed by atoms with van der Waals surface area (Å²) in [6.45, 7) is 2.01. The number of carbonyl (C=O) groups excluding carboxylic acids is 2. The molecule has 3 aromatic rings. The van der Waals surface area contributed by atoms with Gasteiger partial charge in [-0.1, -0.05) is 24.6 Å². The van der Waals surface area contributed by atoms with E-state index in [9.17, 15) is 9.59 Å². The fourth-order valence-corrected chi connectivity index (χ4v) is 4.75. The van der Waals surface area contributed by atoms with Crippen LogP contribution in [0.25, 0.3) is 11.4 Å². The molecule has 176 valence electrons. The Morgan fingerprint density at radius 3 is 2.44 bits per heavy atom. The van der Waals surface area contributed by atoms with Gasteiger partial charge in [-0.25, -0.2) is 4.79 Å². The highest BCUT2D eigenvalue weighted by Gasteiger charge is 2.28. The van der Waals surface area contributed by atoms with Gasteiger partial charge >= 0.3 is 6.03 Å². The van der Waals surface area contributed by atoms with Gasteiger partial charge in [0, 0.05) is 43.0 Å². The van der Waals surface area contributed by atoms with Crippen molar-refractivity contribution in [2.45, 2.75) is 45.1 Å². The van der Waals surface area contributed by atoms with Crippen LogP contribution in [0.5, 0.6) is 0 Å². The average Bonchev–Trinajstić information content (AvgIpc) is 3.13. The first-order chi connectivity index (χ1) is 16.7. The lowest BCUT2D eigenvalue weighted by atomic mass is 9.97. The molecule has 1 aromatic heterocycles. The second-order valence-corrected chi connectivity index (χ2v) is 9.05. The van der Waals surface area contributed by atoms with Crippen LogP contribution in [0.1, 0.15) is 37.9 Å². The van der Waals surface area contributed by atoms with Crippen LogP contribution >= 0.6 is 0 Å². The topological polar surface area (TPSA) is 92.2 Å². The molecule has 3 amide bonds. The molecular weight excluding hydrogens is 428 g/mol. The molecule has 0 unspecified atom stereocenters. The second-order valence-electron chi connectivity index (χ2n) is 9.05. The summed E-state index contributed by atoms with van der Waals surface area (Å²) in [5.41, 5.74) is 2.50. The minimum atomic E-state index is -0.234. The Bertz CT molecular complexity index is 1140. The number of aryl methyl sites for hydroxylation is 1. The van der Waals surface area contributed by atoms with Gasteiger partial charge in [0.1, 0.15) is 5.82 Å². The number of anilines is 2.